The zero-order valence-electron chi connectivity index (χ0n) is 17.8. The number of benzene rings is 2. The number of hydrogen-bond donors (Lipinski definition) is 4. The van der Waals surface area contributed by atoms with E-state index in [4.69, 9.17) is 0 Å². The Labute approximate surface area is 185 Å². The van der Waals surface area contributed by atoms with Crippen LogP contribution in [0.25, 0.3) is 0 Å². The van der Waals surface area contributed by atoms with Crippen molar-refractivity contribution >= 4 is 22.8 Å². The number of aromatic hydroxyl groups is 1. The Morgan fingerprint density at radius 1 is 1.03 bits per heavy atom. The van der Waals surface area contributed by atoms with Gasteiger partial charge in [-0.2, -0.15) is 0 Å². The summed E-state index contributed by atoms with van der Waals surface area (Å²) in [6.45, 7) is 1.98. The highest BCUT2D eigenvalue weighted by Crippen LogP contribution is 2.36. The number of aliphatic hydroxyl groups is 1. The molecule has 1 aliphatic rings. The van der Waals surface area contributed by atoms with Gasteiger partial charge < -0.3 is 20.8 Å². The molecule has 4 N–H and O–H groups in total. The van der Waals surface area contributed by atoms with Crippen molar-refractivity contribution in [2.75, 3.05) is 10.6 Å². The molecule has 0 bridgehead atoms. The third kappa shape index (κ3) is 4.03. The van der Waals surface area contributed by atoms with Gasteiger partial charge in [0, 0.05) is 5.92 Å². The summed E-state index contributed by atoms with van der Waals surface area (Å²) in [6, 6.07) is 14.1. The lowest BCUT2D eigenvalue weighted by molar-refractivity contribution is 0.0903. The van der Waals surface area contributed by atoms with Gasteiger partial charge >= 0.3 is 0 Å². The largest absolute Gasteiger partial charge is 0.505 e. The number of Topliss-reactive ketones (excluding diaryl/α,β-unsaturated/α-hetero) is 1. The maximum absolute atomic E-state index is 12.8. The van der Waals surface area contributed by atoms with Crippen molar-refractivity contribution in [2.45, 2.75) is 44.8 Å². The first-order chi connectivity index (χ1) is 15.4. The molecule has 0 amide bonds. The summed E-state index contributed by atoms with van der Waals surface area (Å²) in [5.74, 6) is -0.847. The molecule has 32 heavy (non-hydrogen) atoms. The average molecular weight is 434 g/mol. The summed E-state index contributed by atoms with van der Waals surface area (Å²) in [5.41, 5.74) is 0.249. The molecule has 166 valence electrons. The molecular weight excluding hydrogens is 408 g/mol. The molecule has 4 rings (SSSR count). The molecule has 1 aliphatic carbocycles. The zero-order valence-corrected chi connectivity index (χ0v) is 17.8. The van der Waals surface area contributed by atoms with Gasteiger partial charge in [0.05, 0.1) is 23.4 Å². The number of ketones is 1. The highest BCUT2D eigenvalue weighted by Gasteiger charge is 2.31. The van der Waals surface area contributed by atoms with Crippen LogP contribution in [0.4, 0.5) is 17.1 Å². The van der Waals surface area contributed by atoms with Crippen LogP contribution < -0.4 is 21.5 Å². The van der Waals surface area contributed by atoms with E-state index in [9.17, 15) is 24.6 Å². The first-order valence-electron chi connectivity index (χ1n) is 10.9. The minimum Gasteiger partial charge on any atom is -0.505 e. The summed E-state index contributed by atoms with van der Waals surface area (Å²) in [5, 5.41) is 26.4. The normalized spacial score (nSPS) is 19.1. The van der Waals surface area contributed by atoms with Gasteiger partial charge in [-0.3, -0.25) is 14.4 Å². The Bertz CT molecular complexity index is 1200. The summed E-state index contributed by atoms with van der Waals surface area (Å²) in [6.07, 6.45) is 1.71. The van der Waals surface area contributed by atoms with E-state index in [1.165, 1.54) is 6.07 Å². The second-order valence-corrected chi connectivity index (χ2v) is 8.28. The van der Waals surface area contributed by atoms with E-state index in [0.717, 1.165) is 5.56 Å². The van der Waals surface area contributed by atoms with Gasteiger partial charge in [0.2, 0.25) is 0 Å². The second-order valence-electron chi connectivity index (χ2n) is 8.28. The van der Waals surface area contributed by atoms with Crippen molar-refractivity contribution in [3.05, 3.63) is 80.1 Å². The number of phenolic OH excluding ortho intramolecular Hbond substituents is 1. The molecule has 0 spiro atoms. The summed E-state index contributed by atoms with van der Waals surface area (Å²) >= 11 is 0. The van der Waals surface area contributed by atoms with E-state index in [1.807, 2.05) is 37.3 Å². The molecular formula is C25H26N2O5. The van der Waals surface area contributed by atoms with Crippen LogP contribution in [0.2, 0.25) is 0 Å². The highest BCUT2D eigenvalue weighted by molar-refractivity contribution is 6.02. The first-order valence-corrected chi connectivity index (χ1v) is 10.9. The fourth-order valence-corrected chi connectivity index (χ4v) is 4.32. The van der Waals surface area contributed by atoms with Gasteiger partial charge in [-0.1, -0.05) is 43.3 Å². The minimum absolute atomic E-state index is 0.0700. The Hall–Kier alpha value is -3.45. The third-order valence-electron chi connectivity index (χ3n) is 6.18. The van der Waals surface area contributed by atoms with Gasteiger partial charge in [-0.15, -0.1) is 0 Å². The van der Waals surface area contributed by atoms with Crippen molar-refractivity contribution in [1.82, 2.24) is 0 Å². The van der Waals surface area contributed by atoms with Crippen molar-refractivity contribution < 1.29 is 15.0 Å². The number of phenols is 1. The van der Waals surface area contributed by atoms with E-state index in [2.05, 4.69) is 10.6 Å². The van der Waals surface area contributed by atoms with Crippen LogP contribution in [-0.2, 0) is 0 Å². The maximum Gasteiger partial charge on any atom is 0.253 e. The van der Waals surface area contributed by atoms with E-state index in [-0.39, 0.29) is 46.1 Å². The summed E-state index contributed by atoms with van der Waals surface area (Å²) in [7, 11) is 0. The smallest absolute Gasteiger partial charge is 0.253 e. The summed E-state index contributed by atoms with van der Waals surface area (Å²) < 4.78 is 0. The van der Waals surface area contributed by atoms with E-state index in [0.29, 0.717) is 25.7 Å². The molecule has 3 atom stereocenters. The number of carbonyl (C=O) groups excluding carboxylic acids is 1. The standard InChI is InChI=1S/C25H26N2O5/c1-2-18(14-7-4-3-5-8-14)26-20-21(25(32)24(20)31)27-19-10-6-9-17(23(19)30)22(29)15-11-12-16(28)13-15/h3-10,15-16,18,26-28,30H,2,11-13H2,1H3/t15?,16-,18+/m0/s1. The van der Waals surface area contributed by atoms with Crippen LogP contribution in [0.5, 0.6) is 5.75 Å². The molecule has 3 aromatic rings. The number of aliphatic hydroxyl groups excluding tert-OH is 1. The van der Waals surface area contributed by atoms with Crippen LogP contribution in [-0.4, -0.2) is 22.1 Å². The highest BCUT2D eigenvalue weighted by atomic mass is 16.3. The van der Waals surface area contributed by atoms with Crippen molar-refractivity contribution in [1.29, 1.82) is 0 Å². The Morgan fingerprint density at radius 3 is 2.41 bits per heavy atom. The second kappa shape index (κ2) is 8.96. The van der Waals surface area contributed by atoms with Crippen LogP contribution in [0, 0.1) is 5.92 Å². The third-order valence-corrected chi connectivity index (χ3v) is 6.18. The number of para-hydroxylation sites is 1. The lowest BCUT2D eigenvalue weighted by atomic mass is 9.95. The fraction of sp³-hybridized carbons (Fsp3) is 0.320. The number of anilines is 3. The number of carbonyl (C=O) groups is 1. The van der Waals surface area contributed by atoms with Gasteiger partial charge in [0.1, 0.15) is 17.1 Å². The maximum atomic E-state index is 12.8. The Balaban J connectivity index is 1.58. The first kappa shape index (κ1) is 21.8. The molecule has 7 heteroatoms. The molecule has 1 unspecified atom stereocenters. The molecule has 1 saturated carbocycles. The van der Waals surface area contributed by atoms with Gasteiger partial charge in [-0.05, 0) is 43.4 Å². The van der Waals surface area contributed by atoms with Crippen LogP contribution in [0.1, 0.15) is 54.6 Å². The van der Waals surface area contributed by atoms with E-state index < -0.39 is 17.0 Å². The SMILES string of the molecule is CC[C@@H](Nc1c(Nc2cccc(C(=O)C3CC[C@H](O)C3)c2O)c(=O)c1=O)c1ccccc1. The van der Waals surface area contributed by atoms with Crippen molar-refractivity contribution in [3.63, 3.8) is 0 Å². The lowest BCUT2D eigenvalue weighted by Crippen LogP contribution is -2.37. The van der Waals surface area contributed by atoms with Crippen LogP contribution >= 0.6 is 0 Å². The molecule has 1 fully saturated rings. The predicted octanol–water partition coefficient (Wildman–Crippen LogP) is 3.64. The Morgan fingerprint density at radius 2 is 1.75 bits per heavy atom. The molecule has 0 aromatic heterocycles. The number of rotatable bonds is 8. The fourth-order valence-electron chi connectivity index (χ4n) is 4.32. The zero-order chi connectivity index (χ0) is 22.8. The van der Waals surface area contributed by atoms with E-state index in [1.54, 1.807) is 12.1 Å². The monoisotopic (exact) mass is 434 g/mol. The molecule has 7 nitrogen and oxygen atoms in total. The number of hydrogen-bond acceptors (Lipinski definition) is 7. The average Bonchev–Trinajstić information content (AvgIpc) is 3.25. The van der Waals surface area contributed by atoms with Crippen molar-refractivity contribution in [2.24, 2.45) is 5.92 Å². The quantitative estimate of drug-likeness (QED) is 0.243. The molecule has 0 aliphatic heterocycles. The molecule has 0 saturated heterocycles. The van der Waals surface area contributed by atoms with Crippen molar-refractivity contribution in [3.8, 4) is 5.75 Å². The lowest BCUT2D eigenvalue weighted by Gasteiger charge is -2.22. The predicted molar refractivity (Wildman–Crippen MR) is 124 cm³/mol. The van der Waals surface area contributed by atoms with Crippen LogP contribution in [0.3, 0.4) is 0 Å². The van der Waals surface area contributed by atoms with Gasteiger partial charge in [-0.25, -0.2) is 0 Å². The van der Waals surface area contributed by atoms with Gasteiger partial charge in [0.15, 0.2) is 5.78 Å². The van der Waals surface area contributed by atoms with E-state index >= 15 is 0 Å². The topological polar surface area (TPSA) is 116 Å². The molecule has 3 aromatic carbocycles. The van der Waals surface area contributed by atoms with Gasteiger partial charge in [0.25, 0.3) is 10.9 Å². The van der Waals surface area contributed by atoms with Crippen LogP contribution in [0.15, 0.2) is 58.1 Å². The number of nitrogens with one attached hydrogen (secondary N) is 2. The molecule has 0 radical (unpaired) electrons. The summed E-state index contributed by atoms with van der Waals surface area (Å²) in [4.78, 5) is 37.3. The molecule has 0 heterocycles. The Kier molecular flexibility index (Phi) is 6.10. The minimum atomic E-state index is -0.676.